The molecule has 0 radical (unpaired) electrons. The summed E-state index contributed by atoms with van der Waals surface area (Å²) in [5, 5.41) is 3.09. The van der Waals surface area contributed by atoms with Gasteiger partial charge < -0.3 is 15.0 Å². The Kier molecular flexibility index (Phi) is 8.83. The Bertz CT molecular complexity index is 500. The van der Waals surface area contributed by atoms with E-state index in [4.69, 9.17) is 4.74 Å². The zero-order chi connectivity index (χ0) is 18.0. The van der Waals surface area contributed by atoms with Gasteiger partial charge in [-0.1, -0.05) is 32.0 Å². The van der Waals surface area contributed by atoms with Gasteiger partial charge in [0.25, 0.3) is 0 Å². The van der Waals surface area contributed by atoms with Gasteiger partial charge in [-0.2, -0.15) is 0 Å². The van der Waals surface area contributed by atoms with E-state index < -0.39 is 0 Å². The number of amides is 1. The Balaban J connectivity index is 2.59. The van der Waals surface area contributed by atoms with Crippen molar-refractivity contribution < 1.29 is 14.4 Å². The topological polar surface area (TPSA) is 42.8 Å². The highest BCUT2D eigenvalue weighted by atomic mass is 16.5. The van der Waals surface area contributed by atoms with Crippen LogP contribution in [0.2, 0.25) is 0 Å². The maximum atomic E-state index is 12.4. The van der Waals surface area contributed by atoms with E-state index >= 15 is 0 Å². The van der Waals surface area contributed by atoms with Gasteiger partial charge in [0, 0.05) is 30.4 Å². The van der Waals surface area contributed by atoms with Crippen molar-refractivity contribution in [1.82, 2.24) is 5.32 Å². The Hall–Kier alpha value is -1.55. The van der Waals surface area contributed by atoms with Gasteiger partial charge in [-0.3, -0.25) is 4.79 Å². The van der Waals surface area contributed by atoms with Crippen LogP contribution >= 0.6 is 0 Å². The monoisotopic (exact) mass is 335 g/mol. The molecular weight excluding hydrogens is 300 g/mol. The van der Waals surface area contributed by atoms with Crippen molar-refractivity contribution in [1.29, 1.82) is 0 Å². The van der Waals surface area contributed by atoms with Crippen molar-refractivity contribution >= 4 is 5.91 Å². The first-order chi connectivity index (χ1) is 11.5. The maximum absolute atomic E-state index is 12.4. The molecular formula is C20H35N2O2+. The third-order valence-electron chi connectivity index (χ3n) is 5.12. The third kappa shape index (κ3) is 5.82. The second kappa shape index (κ2) is 10.3. The maximum Gasteiger partial charge on any atom is 0.220 e. The molecule has 0 aromatic heterocycles. The fraction of sp³-hybridized carbons (Fsp3) is 0.650. The highest BCUT2D eigenvalue weighted by Gasteiger charge is 2.30. The summed E-state index contributed by atoms with van der Waals surface area (Å²) in [5.74, 6) is 0.986. The van der Waals surface area contributed by atoms with E-state index in [2.05, 4.69) is 39.1 Å². The largest absolute Gasteiger partial charge is 0.496 e. The number of nitrogens with one attached hydrogen (secondary N) is 2. The fourth-order valence-corrected chi connectivity index (χ4v) is 3.14. The van der Waals surface area contributed by atoms with Crippen LogP contribution in [-0.4, -0.2) is 39.2 Å². The number of quaternary nitrogens is 1. The van der Waals surface area contributed by atoms with Gasteiger partial charge >= 0.3 is 0 Å². The number of carbonyl (C=O) groups is 1. The number of rotatable bonds is 11. The number of hydrogen-bond donors (Lipinski definition) is 2. The van der Waals surface area contributed by atoms with Crippen LogP contribution in [0.3, 0.4) is 0 Å². The number of para-hydroxylation sites is 1. The van der Waals surface area contributed by atoms with E-state index in [9.17, 15) is 4.79 Å². The van der Waals surface area contributed by atoms with Gasteiger partial charge in [0.15, 0.2) is 0 Å². The number of ether oxygens (including phenoxy) is 1. The van der Waals surface area contributed by atoms with E-state index in [1.165, 1.54) is 0 Å². The molecule has 24 heavy (non-hydrogen) atoms. The van der Waals surface area contributed by atoms with Crippen LogP contribution in [0.5, 0.6) is 5.75 Å². The lowest BCUT2D eigenvalue weighted by atomic mass is 9.76. The van der Waals surface area contributed by atoms with Crippen molar-refractivity contribution in [2.24, 2.45) is 0 Å². The van der Waals surface area contributed by atoms with Crippen LogP contribution in [-0.2, 0) is 10.2 Å². The van der Waals surface area contributed by atoms with Crippen LogP contribution in [0.4, 0.5) is 0 Å². The van der Waals surface area contributed by atoms with Crippen LogP contribution < -0.4 is 15.0 Å². The van der Waals surface area contributed by atoms with Gasteiger partial charge in [0.05, 0.1) is 26.7 Å². The van der Waals surface area contributed by atoms with Crippen LogP contribution in [0.1, 0.15) is 52.5 Å². The zero-order valence-electron chi connectivity index (χ0n) is 16.1. The summed E-state index contributed by atoms with van der Waals surface area (Å²) in [5.41, 5.74) is 0.901. The molecule has 1 amide bonds. The molecule has 0 saturated heterocycles. The molecule has 4 nitrogen and oxygen atoms in total. The molecule has 0 spiro atoms. The summed E-state index contributed by atoms with van der Waals surface area (Å²) >= 11 is 0. The standard InChI is InChI=1S/C20H34N2O2/c1-6-20(4,17-12-9-10-13-18(17)24-5)16-19(23)21-14-11-15-22(7-2)8-3/h9-10,12-13H,6-8,11,14-16H2,1-5H3,(H,21,23)/p+1/t20-/m0/s1. The molecule has 0 heterocycles. The average molecular weight is 336 g/mol. The van der Waals surface area contributed by atoms with Crippen molar-refractivity contribution in [3.8, 4) is 5.75 Å². The normalized spacial score (nSPS) is 13.6. The lowest BCUT2D eigenvalue weighted by Crippen LogP contribution is -3.11. The first-order valence-corrected chi connectivity index (χ1v) is 9.24. The van der Waals surface area contributed by atoms with E-state index in [1.54, 1.807) is 12.0 Å². The third-order valence-corrected chi connectivity index (χ3v) is 5.12. The molecule has 1 aromatic carbocycles. The van der Waals surface area contributed by atoms with E-state index in [-0.39, 0.29) is 11.3 Å². The van der Waals surface area contributed by atoms with Crippen LogP contribution in [0.15, 0.2) is 24.3 Å². The SMILES string of the molecule is CC[NH+](CC)CCCNC(=O)C[C@](C)(CC)c1ccccc1OC. The Labute approximate surface area is 147 Å². The summed E-state index contributed by atoms with van der Waals surface area (Å²) < 4.78 is 5.49. The summed E-state index contributed by atoms with van der Waals surface area (Å²) in [6, 6.07) is 8.01. The molecule has 4 heteroatoms. The van der Waals surface area contributed by atoms with Crippen molar-refractivity contribution in [2.75, 3.05) is 33.3 Å². The molecule has 0 fully saturated rings. The minimum Gasteiger partial charge on any atom is -0.496 e. The Morgan fingerprint density at radius 2 is 1.88 bits per heavy atom. The van der Waals surface area contributed by atoms with Crippen molar-refractivity contribution in [3.05, 3.63) is 29.8 Å². The molecule has 2 N–H and O–H groups in total. The minimum absolute atomic E-state index is 0.125. The van der Waals surface area contributed by atoms with E-state index in [0.717, 1.165) is 50.3 Å². The van der Waals surface area contributed by atoms with Crippen LogP contribution in [0, 0.1) is 0 Å². The minimum atomic E-state index is -0.208. The lowest BCUT2D eigenvalue weighted by Gasteiger charge is -2.29. The molecule has 0 aliphatic rings. The molecule has 0 aliphatic carbocycles. The molecule has 136 valence electrons. The smallest absolute Gasteiger partial charge is 0.220 e. The summed E-state index contributed by atoms with van der Waals surface area (Å²) in [6.07, 6.45) is 2.41. The van der Waals surface area contributed by atoms with Gasteiger partial charge in [0.1, 0.15) is 5.75 Å². The van der Waals surface area contributed by atoms with Gasteiger partial charge in [-0.25, -0.2) is 0 Å². The lowest BCUT2D eigenvalue weighted by molar-refractivity contribution is -0.896. The molecule has 0 unspecified atom stereocenters. The number of carbonyl (C=O) groups excluding carboxylic acids is 1. The fourth-order valence-electron chi connectivity index (χ4n) is 3.14. The summed E-state index contributed by atoms with van der Waals surface area (Å²) in [6.45, 7) is 12.8. The zero-order valence-corrected chi connectivity index (χ0v) is 16.1. The predicted octanol–water partition coefficient (Wildman–Crippen LogP) is 2.18. The first kappa shape index (κ1) is 20.5. The summed E-state index contributed by atoms with van der Waals surface area (Å²) in [4.78, 5) is 14.0. The Morgan fingerprint density at radius 1 is 1.21 bits per heavy atom. The molecule has 0 saturated carbocycles. The summed E-state index contributed by atoms with van der Waals surface area (Å²) in [7, 11) is 1.69. The Morgan fingerprint density at radius 3 is 2.46 bits per heavy atom. The van der Waals surface area contributed by atoms with E-state index in [0.29, 0.717) is 6.42 Å². The van der Waals surface area contributed by atoms with Gasteiger partial charge in [0.2, 0.25) is 5.91 Å². The van der Waals surface area contributed by atoms with Crippen molar-refractivity contribution in [3.63, 3.8) is 0 Å². The van der Waals surface area contributed by atoms with Crippen molar-refractivity contribution in [2.45, 2.75) is 52.4 Å². The first-order valence-electron chi connectivity index (χ1n) is 9.24. The molecule has 1 aromatic rings. The van der Waals surface area contributed by atoms with Gasteiger partial charge in [-0.15, -0.1) is 0 Å². The number of methoxy groups -OCH3 is 1. The number of benzene rings is 1. The quantitative estimate of drug-likeness (QED) is 0.609. The van der Waals surface area contributed by atoms with Gasteiger partial charge in [-0.05, 0) is 26.3 Å². The second-order valence-electron chi connectivity index (χ2n) is 6.70. The molecule has 0 aliphatic heterocycles. The highest BCUT2D eigenvalue weighted by Crippen LogP contribution is 2.37. The average Bonchev–Trinajstić information content (AvgIpc) is 2.61. The van der Waals surface area contributed by atoms with Crippen LogP contribution in [0.25, 0.3) is 0 Å². The van der Waals surface area contributed by atoms with E-state index in [1.807, 2.05) is 18.2 Å². The second-order valence-corrected chi connectivity index (χ2v) is 6.70. The molecule has 1 atom stereocenters. The molecule has 1 rings (SSSR count). The molecule has 0 bridgehead atoms. The number of hydrogen-bond acceptors (Lipinski definition) is 2. The highest BCUT2D eigenvalue weighted by molar-refractivity contribution is 5.77. The predicted molar refractivity (Wildman–Crippen MR) is 99.8 cm³/mol.